The molecule has 0 fully saturated rings. The van der Waals surface area contributed by atoms with Gasteiger partial charge in [0.2, 0.25) is 0 Å². The maximum atomic E-state index is 10.2. The molecule has 0 saturated carbocycles. The average molecular weight is 203 g/mol. The van der Waals surface area contributed by atoms with Crippen LogP contribution in [0.1, 0.15) is 17.2 Å². The Morgan fingerprint density at radius 3 is 2.86 bits per heavy atom. The van der Waals surface area contributed by atoms with E-state index in [1.165, 1.54) is 6.47 Å². The summed E-state index contributed by atoms with van der Waals surface area (Å²) in [6.45, 7) is 1.44. The van der Waals surface area contributed by atoms with E-state index < -0.39 is 6.10 Å². The predicted molar refractivity (Wildman–Crippen MR) is 57.6 cm³/mol. The predicted octanol–water partition coefficient (Wildman–Crippen LogP) is 2.21. The van der Waals surface area contributed by atoms with E-state index >= 15 is 0 Å². The van der Waals surface area contributed by atoms with Gasteiger partial charge < -0.3 is 4.74 Å². The molecule has 2 rings (SSSR count). The summed E-state index contributed by atoms with van der Waals surface area (Å²) in [4.78, 5) is 10.8. The lowest BCUT2D eigenvalue weighted by Gasteiger charge is -2.19. The van der Waals surface area contributed by atoms with E-state index in [1.807, 2.05) is 30.3 Å². The van der Waals surface area contributed by atoms with Crippen LogP contribution in [0.3, 0.4) is 0 Å². The molecule has 1 aromatic rings. The number of thiocarbonyl (C=S) groups is 1. The van der Waals surface area contributed by atoms with E-state index in [2.05, 4.69) is 0 Å². The second kappa shape index (κ2) is 3.72. The number of rotatable bonds is 2. The van der Waals surface area contributed by atoms with E-state index in [1.54, 1.807) is 6.08 Å². The Bertz CT molecular complexity index is 410. The first-order valence-electron chi connectivity index (χ1n) is 4.16. The summed E-state index contributed by atoms with van der Waals surface area (Å²) in [6.07, 6.45) is 3.24. The minimum absolute atomic E-state index is 0.455. The summed E-state index contributed by atoms with van der Waals surface area (Å²) in [6, 6.07) is 7.67. The molecule has 14 heavy (non-hydrogen) atoms. The van der Waals surface area contributed by atoms with Crippen LogP contribution in [0.25, 0.3) is 6.08 Å². The minimum Gasteiger partial charge on any atom is -0.443 e. The SMILES string of the molecule is O=[C]OC1C(=S)C=Cc2ccccc21. The molecule has 3 heteroatoms. The fraction of sp³-hybridized carbons (Fsp3) is 0.0909. The molecule has 0 heterocycles. The Kier molecular flexibility index (Phi) is 2.41. The molecule has 0 amide bonds. The zero-order chi connectivity index (χ0) is 9.97. The van der Waals surface area contributed by atoms with Crippen molar-refractivity contribution in [2.75, 3.05) is 0 Å². The van der Waals surface area contributed by atoms with Gasteiger partial charge in [-0.05, 0) is 11.6 Å². The van der Waals surface area contributed by atoms with Crippen molar-refractivity contribution in [2.45, 2.75) is 6.10 Å². The van der Waals surface area contributed by atoms with Gasteiger partial charge in [0.15, 0.2) is 6.10 Å². The van der Waals surface area contributed by atoms with Crippen molar-refractivity contribution in [3.8, 4) is 0 Å². The van der Waals surface area contributed by atoms with Crippen molar-refractivity contribution in [1.29, 1.82) is 0 Å². The van der Waals surface area contributed by atoms with Gasteiger partial charge in [0.05, 0.1) is 4.86 Å². The number of hydrogen-bond acceptors (Lipinski definition) is 3. The second-order valence-electron chi connectivity index (χ2n) is 2.95. The Balaban J connectivity index is 2.47. The molecule has 2 nitrogen and oxygen atoms in total. The molecule has 1 atom stereocenters. The van der Waals surface area contributed by atoms with Crippen LogP contribution < -0.4 is 0 Å². The van der Waals surface area contributed by atoms with Crippen molar-refractivity contribution >= 4 is 29.6 Å². The zero-order valence-corrected chi connectivity index (χ0v) is 8.08. The third-order valence-corrected chi connectivity index (χ3v) is 2.48. The fourth-order valence-electron chi connectivity index (χ4n) is 1.48. The maximum absolute atomic E-state index is 10.2. The quantitative estimate of drug-likeness (QED) is 0.689. The standard InChI is InChI=1S/C11H7O2S/c12-7-13-11-9-4-2-1-3-8(9)5-6-10(11)14/h1-6,11H. The highest BCUT2D eigenvalue weighted by atomic mass is 32.1. The van der Waals surface area contributed by atoms with Gasteiger partial charge in [-0.25, -0.2) is 4.79 Å². The topological polar surface area (TPSA) is 26.3 Å². The summed E-state index contributed by atoms with van der Waals surface area (Å²) < 4.78 is 4.82. The lowest BCUT2D eigenvalue weighted by molar-refractivity contribution is 0.241. The highest BCUT2D eigenvalue weighted by Gasteiger charge is 2.22. The number of hydrogen-bond donors (Lipinski definition) is 0. The van der Waals surface area contributed by atoms with E-state index in [-0.39, 0.29) is 0 Å². The van der Waals surface area contributed by atoms with Gasteiger partial charge >= 0.3 is 6.47 Å². The summed E-state index contributed by atoms with van der Waals surface area (Å²) >= 11 is 5.08. The number of benzene rings is 1. The van der Waals surface area contributed by atoms with Gasteiger partial charge in [0.1, 0.15) is 0 Å². The van der Waals surface area contributed by atoms with Gasteiger partial charge in [-0.1, -0.05) is 42.6 Å². The third kappa shape index (κ3) is 1.46. The van der Waals surface area contributed by atoms with Crippen LogP contribution in [0.4, 0.5) is 0 Å². The van der Waals surface area contributed by atoms with Crippen LogP contribution in [-0.2, 0) is 9.53 Å². The normalized spacial score (nSPS) is 18.9. The molecule has 1 aliphatic rings. The van der Waals surface area contributed by atoms with E-state index in [9.17, 15) is 4.79 Å². The molecule has 1 aliphatic carbocycles. The Hall–Kier alpha value is -1.48. The molecule has 69 valence electrons. The molecule has 1 unspecified atom stereocenters. The average Bonchev–Trinajstić information content (AvgIpc) is 2.23. The van der Waals surface area contributed by atoms with Crippen LogP contribution in [-0.4, -0.2) is 11.3 Å². The van der Waals surface area contributed by atoms with Crippen LogP contribution in [0.5, 0.6) is 0 Å². The van der Waals surface area contributed by atoms with Gasteiger partial charge in [-0.15, -0.1) is 0 Å². The number of fused-ring (bicyclic) bond motifs is 1. The molecular formula is C11H7O2S. The monoisotopic (exact) mass is 203 g/mol. The summed E-state index contributed by atoms with van der Waals surface area (Å²) in [5.41, 5.74) is 1.95. The molecule has 1 aromatic carbocycles. The Morgan fingerprint density at radius 1 is 1.29 bits per heavy atom. The molecule has 0 spiro atoms. The molecule has 0 N–H and O–H groups in total. The summed E-state index contributed by atoms with van der Waals surface area (Å²) in [5, 5.41) is 0. The van der Waals surface area contributed by atoms with Gasteiger partial charge in [0, 0.05) is 5.56 Å². The number of carbonyl (C=O) groups excluding carboxylic acids is 1. The fourth-order valence-corrected chi connectivity index (χ4v) is 1.73. The smallest absolute Gasteiger partial charge is 0.418 e. The highest BCUT2D eigenvalue weighted by Crippen LogP contribution is 2.28. The van der Waals surface area contributed by atoms with Crippen LogP contribution in [0.15, 0.2) is 30.3 Å². The van der Waals surface area contributed by atoms with Crippen molar-refractivity contribution < 1.29 is 9.53 Å². The maximum Gasteiger partial charge on any atom is 0.418 e. The van der Waals surface area contributed by atoms with E-state index in [0.29, 0.717) is 4.86 Å². The summed E-state index contributed by atoms with van der Waals surface area (Å²) in [7, 11) is 0. The molecular weight excluding hydrogens is 196 g/mol. The first-order valence-corrected chi connectivity index (χ1v) is 4.57. The Morgan fingerprint density at radius 2 is 2.07 bits per heavy atom. The summed E-state index contributed by atoms with van der Waals surface area (Å²) in [5.74, 6) is 0. The third-order valence-electron chi connectivity index (χ3n) is 2.13. The van der Waals surface area contributed by atoms with Crippen LogP contribution >= 0.6 is 12.2 Å². The van der Waals surface area contributed by atoms with Gasteiger partial charge in [0.25, 0.3) is 0 Å². The van der Waals surface area contributed by atoms with Crippen molar-refractivity contribution in [1.82, 2.24) is 0 Å². The minimum atomic E-state index is -0.455. The van der Waals surface area contributed by atoms with Crippen molar-refractivity contribution in [2.24, 2.45) is 0 Å². The molecule has 1 radical (unpaired) electrons. The second-order valence-corrected chi connectivity index (χ2v) is 3.42. The van der Waals surface area contributed by atoms with Crippen molar-refractivity contribution in [3.63, 3.8) is 0 Å². The lowest BCUT2D eigenvalue weighted by atomic mass is 9.95. The molecule has 0 aromatic heterocycles. The van der Waals surface area contributed by atoms with Crippen LogP contribution in [0, 0.1) is 0 Å². The first-order chi connectivity index (χ1) is 6.83. The van der Waals surface area contributed by atoms with E-state index in [4.69, 9.17) is 17.0 Å². The molecule has 0 saturated heterocycles. The highest BCUT2D eigenvalue weighted by molar-refractivity contribution is 7.80. The lowest BCUT2D eigenvalue weighted by Crippen LogP contribution is -2.15. The zero-order valence-electron chi connectivity index (χ0n) is 7.27. The van der Waals surface area contributed by atoms with E-state index in [0.717, 1.165) is 11.1 Å². The molecule has 0 aliphatic heterocycles. The van der Waals surface area contributed by atoms with Crippen LogP contribution in [0.2, 0.25) is 0 Å². The van der Waals surface area contributed by atoms with Crippen molar-refractivity contribution in [3.05, 3.63) is 41.5 Å². The first kappa shape index (κ1) is 9.09. The Labute approximate surface area is 87.2 Å². The molecule has 0 bridgehead atoms. The van der Waals surface area contributed by atoms with Gasteiger partial charge in [-0.2, -0.15) is 0 Å². The van der Waals surface area contributed by atoms with Gasteiger partial charge in [-0.3, -0.25) is 0 Å². The largest absolute Gasteiger partial charge is 0.443 e. The number of ether oxygens (including phenoxy) is 1.